The summed E-state index contributed by atoms with van der Waals surface area (Å²) in [6.45, 7) is 12.3. The molecule has 1 aliphatic heterocycles. The standard InChI is InChI=1S/C16H32N2O/c1-14-6-5-7-16(10-14,11-17-4)13-18-8-9-19-15(2,3)12-18/h14,17H,5-13H2,1-4H3. The van der Waals surface area contributed by atoms with Crippen LogP contribution in [0.1, 0.15) is 46.5 Å². The van der Waals surface area contributed by atoms with E-state index < -0.39 is 0 Å². The second-order valence-electron chi connectivity index (χ2n) is 7.55. The molecule has 0 bridgehead atoms. The van der Waals surface area contributed by atoms with E-state index in [9.17, 15) is 0 Å². The van der Waals surface area contributed by atoms with Crippen molar-refractivity contribution in [1.82, 2.24) is 10.2 Å². The Bertz CT molecular complexity index is 288. The topological polar surface area (TPSA) is 24.5 Å². The molecule has 3 nitrogen and oxygen atoms in total. The molecule has 1 saturated heterocycles. The Morgan fingerprint density at radius 1 is 1.37 bits per heavy atom. The van der Waals surface area contributed by atoms with Crippen LogP contribution >= 0.6 is 0 Å². The molecule has 112 valence electrons. The zero-order valence-electron chi connectivity index (χ0n) is 13.3. The molecule has 0 aromatic carbocycles. The van der Waals surface area contributed by atoms with Crippen molar-refractivity contribution < 1.29 is 4.74 Å². The number of nitrogens with one attached hydrogen (secondary N) is 1. The van der Waals surface area contributed by atoms with Crippen molar-refractivity contribution in [3.8, 4) is 0 Å². The summed E-state index contributed by atoms with van der Waals surface area (Å²) in [7, 11) is 2.10. The van der Waals surface area contributed by atoms with Gasteiger partial charge in [0.05, 0.1) is 12.2 Å². The van der Waals surface area contributed by atoms with Crippen molar-refractivity contribution in [2.24, 2.45) is 11.3 Å². The lowest BCUT2D eigenvalue weighted by Crippen LogP contribution is -2.54. The van der Waals surface area contributed by atoms with Crippen molar-refractivity contribution in [3.05, 3.63) is 0 Å². The second kappa shape index (κ2) is 6.11. The van der Waals surface area contributed by atoms with Gasteiger partial charge in [0.1, 0.15) is 0 Å². The number of nitrogens with zero attached hydrogens (tertiary/aromatic N) is 1. The van der Waals surface area contributed by atoms with Gasteiger partial charge in [0.25, 0.3) is 0 Å². The molecule has 2 atom stereocenters. The van der Waals surface area contributed by atoms with Crippen LogP contribution in [-0.2, 0) is 4.74 Å². The maximum Gasteiger partial charge on any atom is 0.0753 e. The molecule has 19 heavy (non-hydrogen) atoms. The van der Waals surface area contributed by atoms with E-state index in [0.717, 1.165) is 32.2 Å². The Hall–Kier alpha value is -0.120. The minimum absolute atomic E-state index is 0.0271. The van der Waals surface area contributed by atoms with E-state index in [1.807, 2.05) is 0 Å². The lowest BCUT2D eigenvalue weighted by molar-refractivity contribution is -0.0974. The number of hydrogen-bond acceptors (Lipinski definition) is 3. The number of ether oxygens (including phenoxy) is 1. The summed E-state index contributed by atoms with van der Waals surface area (Å²) >= 11 is 0. The molecule has 2 rings (SSSR count). The lowest BCUT2D eigenvalue weighted by atomic mass is 9.69. The minimum atomic E-state index is 0.0271. The number of rotatable bonds is 4. The summed E-state index contributed by atoms with van der Waals surface area (Å²) in [6, 6.07) is 0. The Kier molecular flexibility index (Phi) is 4.91. The van der Waals surface area contributed by atoms with E-state index in [0.29, 0.717) is 5.41 Å². The van der Waals surface area contributed by atoms with Gasteiger partial charge in [-0.25, -0.2) is 0 Å². The van der Waals surface area contributed by atoms with Crippen LogP contribution in [0.15, 0.2) is 0 Å². The van der Waals surface area contributed by atoms with Gasteiger partial charge in [0.2, 0.25) is 0 Å². The predicted molar refractivity (Wildman–Crippen MR) is 80.5 cm³/mol. The van der Waals surface area contributed by atoms with Gasteiger partial charge in [0, 0.05) is 26.2 Å². The Labute approximate surface area is 119 Å². The maximum atomic E-state index is 5.84. The first-order valence-corrected chi connectivity index (χ1v) is 7.96. The summed E-state index contributed by atoms with van der Waals surface area (Å²) in [5.74, 6) is 0.885. The number of hydrogen-bond donors (Lipinski definition) is 1. The molecule has 2 aliphatic rings. The average Bonchev–Trinajstić information content (AvgIpc) is 2.27. The van der Waals surface area contributed by atoms with E-state index >= 15 is 0 Å². The molecule has 1 saturated carbocycles. The van der Waals surface area contributed by atoms with Crippen molar-refractivity contribution >= 4 is 0 Å². The highest BCUT2D eigenvalue weighted by atomic mass is 16.5. The van der Waals surface area contributed by atoms with Crippen LogP contribution in [0.25, 0.3) is 0 Å². The summed E-state index contributed by atoms with van der Waals surface area (Å²) in [6.07, 6.45) is 5.58. The highest BCUT2D eigenvalue weighted by Crippen LogP contribution is 2.40. The Morgan fingerprint density at radius 2 is 2.16 bits per heavy atom. The molecule has 0 aromatic heterocycles. The third-order valence-corrected chi connectivity index (χ3v) is 4.80. The summed E-state index contributed by atoms with van der Waals surface area (Å²) in [5.41, 5.74) is 0.513. The first-order chi connectivity index (χ1) is 8.95. The fourth-order valence-corrected chi connectivity index (χ4v) is 4.23. The quantitative estimate of drug-likeness (QED) is 0.848. The van der Waals surface area contributed by atoms with Crippen LogP contribution in [-0.4, -0.2) is 50.3 Å². The van der Waals surface area contributed by atoms with Gasteiger partial charge >= 0.3 is 0 Å². The molecule has 1 N–H and O–H groups in total. The predicted octanol–water partition coefficient (Wildman–Crippen LogP) is 2.51. The lowest BCUT2D eigenvalue weighted by Gasteiger charge is -2.46. The van der Waals surface area contributed by atoms with E-state index in [2.05, 4.69) is 38.0 Å². The van der Waals surface area contributed by atoms with Crippen LogP contribution in [0.5, 0.6) is 0 Å². The molecule has 2 fully saturated rings. The average molecular weight is 268 g/mol. The fourth-order valence-electron chi connectivity index (χ4n) is 4.23. The van der Waals surface area contributed by atoms with Crippen LogP contribution < -0.4 is 5.32 Å². The third kappa shape index (κ3) is 4.17. The third-order valence-electron chi connectivity index (χ3n) is 4.80. The first kappa shape index (κ1) is 15.3. The molecule has 2 unspecified atom stereocenters. The van der Waals surface area contributed by atoms with Crippen molar-refractivity contribution in [3.63, 3.8) is 0 Å². The second-order valence-corrected chi connectivity index (χ2v) is 7.55. The Morgan fingerprint density at radius 3 is 2.79 bits per heavy atom. The normalized spacial score (nSPS) is 36.3. The van der Waals surface area contributed by atoms with Crippen molar-refractivity contribution in [1.29, 1.82) is 0 Å². The molecular formula is C16H32N2O. The van der Waals surface area contributed by atoms with E-state index in [1.54, 1.807) is 0 Å². The van der Waals surface area contributed by atoms with Crippen LogP contribution in [0.4, 0.5) is 0 Å². The van der Waals surface area contributed by atoms with Gasteiger partial charge in [-0.05, 0) is 45.1 Å². The van der Waals surface area contributed by atoms with Gasteiger partial charge in [-0.3, -0.25) is 4.90 Å². The maximum absolute atomic E-state index is 5.84. The van der Waals surface area contributed by atoms with Crippen molar-refractivity contribution in [2.75, 3.05) is 39.8 Å². The molecule has 0 radical (unpaired) electrons. The molecule has 1 aliphatic carbocycles. The molecule has 1 heterocycles. The SMILES string of the molecule is CNCC1(CN2CCOC(C)(C)C2)CCCC(C)C1. The van der Waals surface area contributed by atoms with E-state index in [4.69, 9.17) is 4.74 Å². The highest BCUT2D eigenvalue weighted by Gasteiger charge is 2.38. The molecular weight excluding hydrogens is 236 g/mol. The first-order valence-electron chi connectivity index (χ1n) is 7.96. The van der Waals surface area contributed by atoms with E-state index in [-0.39, 0.29) is 5.60 Å². The molecule has 3 heteroatoms. The van der Waals surface area contributed by atoms with E-state index in [1.165, 1.54) is 32.2 Å². The molecule has 0 aromatic rings. The minimum Gasteiger partial charge on any atom is -0.373 e. The monoisotopic (exact) mass is 268 g/mol. The van der Waals surface area contributed by atoms with Gasteiger partial charge < -0.3 is 10.1 Å². The van der Waals surface area contributed by atoms with Crippen molar-refractivity contribution in [2.45, 2.75) is 52.1 Å². The van der Waals surface area contributed by atoms with Gasteiger partial charge in [0.15, 0.2) is 0 Å². The van der Waals surface area contributed by atoms with Crippen LogP contribution in [0.2, 0.25) is 0 Å². The van der Waals surface area contributed by atoms with Gasteiger partial charge in [-0.1, -0.05) is 19.8 Å². The molecule has 0 spiro atoms. The van der Waals surface area contributed by atoms with Crippen LogP contribution in [0.3, 0.4) is 0 Å². The van der Waals surface area contributed by atoms with Gasteiger partial charge in [-0.2, -0.15) is 0 Å². The zero-order chi connectivity index (χ0) is 13.9. The molecule has 0 amide bonds. The summed E-state index contributed by atoms with van der Waals surface area (Å²) in [5, 5.41) is 3.45. The smallest absolute Gasteiger partial charge is 0.0753 e. The zero-order valence-corrected chi connectivity index (χ0v) is 13.3. The fraction of sp³-hybridized carbons (Fsp3) is 1.00. The summed E-state index contributed by atoms with van der Waals surface area (Å²) in [4.78, 5) is 2.64. The van der Waals surface area contributed by atoms with Crippen LogP contribution in [0, 0.1) is 11.3 Å². The van der Waals surface area contributed by atoms with Gasteiger partial charge in [-0.15, -0.1) is 0 Å². The highest BCUT2D eigenvalue weighted by molar-refractivity contribution is 4.91. The summed E-state index contributed by atoms with van der Waals surface area (Å²) < 4.78 is 5.84. The Balaban J connectivity index is 1.99. The largest absolute Gasteiger partial charge is 0.373 e. The number of morpholine rings is 1.